The number of halogens is 1. The van der Waals surface area contributed by atoms with E-state index in [0.29, 0.717) is 6.54 Å². The molecule has 0 unspecified atom stereocenters. The van der Waals surface area contributed by atoms with Crippen molar-refractivity contribution in [2.75, 3.05) is 5.32 Å². The summed E-state index contributed by atoms with van der Waals surface area (Å²) in [5.74, 6) is -0.559. The van der Waals surface area contributed by atoms with Gasteiger partial charge in [-0.05, 0) is 35.2 Å². The predicted molar refractivity (Wildman–Crippen MR) is 95.4 cm³/mol. The molecular weight excluding hydrogens is 355 g/mol. The third-order valence-electron chi connectivity index (χ3n) is 3.59. The van der Waals surface area contributed by atoms with E-state index in [0.717, 1.165) is 16.1 Å². The Morgan fingerprint density at radius 3 is 3.00 bits per heavy atom. The Kier molecular flexibility index (Phi) is 4.28. The van der Waals surface area contributed by atoms with Crippen LogP contribution in [0.3, 0.4) is 0 Å². The van der Waals surface area contributed by atoms with Crippen molar-refractivity contribution in [2.24, 2.45) is 0 Å². The molecule has 9 heteroatoms. The summed E-state index contributed by atoms with van der Waals surface area (Å²) in [6.45, 7) is 0.353. The fraction of sp³-hybridized carbons (Fsp3) is 0.0588. The van der Waals surface area contributed by atoms with Crippen LogP contribution >= 0.6 is 11.3 Å². The molecule has 1 amide bonds. The number of nitrogens with zero attached hydrogens (tertiary/aromatic N) is 4. The van der Waals surface area contributed by atoms with Crippen molar-refractivity contribution in [3.63, 3.8) is 0 Å². The predicted octanol–water partition coefficient (Wildman–Crippen LogP) is 3.17. The zero-order valence-corrected chi connectivity index (χ0v) is 14.2. The van der Waals surface area contributed by atoms with E-state index in [9.17, 15) is 9.18 Å². The molecule has 7 nitrogen and oxygen atoms in total. The van der Waals surface area contributed by atoms with Gasteiger partial charge in [-0.15, -0.1) is 16.4 Å². The van der Waals surface area contributed by atoms with Crippen LogP contribution in [0.25, 0.3) is 10.6 Å². The molecule has 4 aromatic rings. The van der Waals surface area contributed by atoms with Crippen LogP contribution < -0.4 is 5.32 Å². The van der Waals surface area contributed by atoms with E-state index in [-0.39, 0.29) is 17.5 Å². The van der Waals surface area contributed by atoms with Crippen LogP contribution in [0.15, 0.2) is 54.2 Å². The molecule has 130 valence electrons. The lowest BCUT2D eigenvalue weighted by Crippen LogP contribution is -2.14. The second-order valence-electron chi connectivity index (χ2n) is 5.49. The second kappa shape index (κ2) is 6.89. The molecule has 0 saturated heterocycles. The van der Waals surface area contributed by atoms with Crippen molar-refractivity contribution in [1.82, 2.24) is 25.0 Å². The average Bonchev–Trinajstić information content (AvgIpc) is 3.36. The van der Waals surface area contributed by atoms with Crippen LogP contribution in [0, 0.1) is 5.82 Å². The van der Waals surface area contributed by atoms with E-state index in [1.807, 2.05) is 17.5 Å². The lowest BCUT2D eigenvalue weighted by Gasteiger charge is -2.01. The Morgan fingerprint density at radius 2 is 2.19 bits per heavy atom. The minimum Gasteiger partial charge on any atom is -0.288 e. The van der Waals surface area contributed by atoms with Crippen LogP contribution in [0.1, 0.15) is 16.1 Å². The number of benzene rings is 1. The largest absolute Gasteiger partial charge is 0.288 e. The van der Waals surface area contributed by atoms with Gasteiger partial charge in [0.25, 0.3) is 5.91 Å². The number of carbonyl (C=O) groups excluding carboxylic acids is 1. The average molecular weight is 368 g/mol. The monoisotopic (exact) mass is 368 g/mol. The van der Waals surface area contributed by atoms with Crippen LogP contribution in [0.2, 0.25) is 0 Å². The quantitative estimate of drug-likeness (QED) is 0.566. The van der Waals surface area contributed by atoms with E-state index in [4.69, 9.17) is 0 Å². The van der Waals surface area contributed by atoms with Gasteiger partial charge in [0.1, 0.15) is 12.1 Å². The van der Waals surface area contributed by atoms with Crippen LogP contribution in [0.5, 0.6) is 0 Å². The lowest BCUT2D eigenvalue weighted by molar-refractivity contribution is 0.102. The summed E-state index contributed by atoms with van der Waals surface area (Å²) in [6, 6.07) is 11.8. The fourth-order valence-corrected chi connectivity index (χ4v) is 3.10. The maximum Gasteiger partial charge on any atom is 0.278 e. The third-order valence-corrected chi connectivity index (χ3v) is 4.50. The summed E-state index contributed by atoms with van der Waals surface area (Å²) in [7, 11) is 0. The van der Waals surface area contributed by atoms with E-state index in [1.165, 1.54) is 23.1 Å². The number of anilines is 1. The molecule has 0 atom stereocenters. The van der Waals surface area contributed by atoms with Gasteiger partial charge in [0, 0.05) is 0 Å². The number of thiophene rings is 1. The zero-order chi connectivity index (χ0) is 17.9. The number of nitrogens with one attached hydrogen (secondary N) is 2. The first kappa shape index (κ1) is 16.2. The molecule has 3 heterocycles. The number of H-pyrrole nitrogens is 1. The Morgan fingerprint density at radius 1 is 1.27 bits per heavy atom. The number of rotatable bonds is 5. The highest BCUT2D eigenvalue weighted by molar-refractivity contribution is 7.13. The molecule has 0 fully saturated rings. The highest BCUT2D eigenvalue weighted by atomic mass is 32.1. The molecule has 3 aromatic heterocycles. The Balaban J connectivity index is 1.43. The van der Waals surface area contributed by atoms with Crippen molar-refractivity contribution in [2.45, 2.75) is 6.54 Å². The summed E-state index contributed by atoms with van der Waals surface area (Å²) >= 11 is 1.55. The highest BCUT2D eigenvalue weighted by Gasteiger charge is 2.14. The standard InChI is InChI=1S/C17H13FN6OS/c18-12-4-1-3-11(7-12)9-24-10-19-17(23-24)20-16(25)14-8-13(21-22-14)15-5-2-6-26-15/h1-8,10H,9H2,(H,21,22)(H,20,23,25). The van der Waals surface area contributed by atoms with Crippen LogP contribution in [0.4, 0.5) is 10.3 Å². The minimum absolute atomic E-state index is 0.159. The molecular formula is C17H13FN6OS. The fourth-order valence-electron chi connectivity index (χ4n) is 2.41. The number of hydrogen-bond acceptors (Lipinski definition) is 5. The van der Waals surface area contributed by atoms with Gasteiger partial charge in [-0.1, -0.05) is 18.2 Å². The van der Waals surface area contributed by atoms with Gasteiger partial charge in [0.2, 0.25) is 5.95 Å². The van der Waals surface area contributed by atoms with Gasteiger partial charge in [-0.25, -0.2) is 14.1 Å². The normalized spacial score (nSPS) is 10.8. The van der Waals surface area contributed by atoms with E-state index < -0.39 is 5.91 Å². The topological polar surface area (TPSA) is 88.5 Å². The second-order valence-corrected chi connectivity index (χ2v) is 6.44. The Hall–Kier alpha value is -3.33. The van der Waals surface area contributed by atoms with E-state index >= 15 is 0 Å². The zero-order valence-electron chi connectivity index (χ0n) is 13.4. The molecule has 0 aliphatic heterocycles. The van der Waals surface area contributed by atoms with E-state index in [2.05, 4.69) is 25.6 Å². The van der Waals surface area contributed by atoms with Crippen LogP contribution in [-0.2, 0) is 6.54 Å². The molecule has 0 bridgehead atoms. The number of amides is 1. The maximum absolute atomic E-state index is 13.2. The SMILES string of the molecule is O=C(Nc1ncn(Cc2cccc(F)c2)n1)c1cc(-c2cccs2)[nH]n1. The number of hydrogen-bond donors (Lipinski definition) is 2. The molecule has 0 saturated carbocycles. The molecule has 26 heavy (non-hydrogen) atoms. The smallest absolute Gasteiger partial charge is 0.278 e. The molecule has 0 aliphatic rings. The van der Waals surface area contributed by atoms with Crippen molar-refractivity contribution in [1.29, 1.82) is 0 Å². The molecule has 4 rings (SSSR count). The first-order valence-electron chi connectivity index (χ1n) is 7.72. The van der Waals surface area contributed by atoms with Crippen molar-refractivity contribution in [3.8, 4) is 10.6 Å². The third kappa shape index (κ3) is 3.52. The number of aromatic amines is 1. The maximum atomic E-state index is 13.2. The van der Waals surface area contributed by atoms with Crippen molar-refractivity contribution in [3.05, 3.63) is 71.2 Å². The van der Waals surface area contributed by atoms with Gasteiger partial charge in [0.15, 0.2) is 5.69 Å². The first-order chi connectivity index (χ1) is 12.7. The summed E-state index contributed by atoms with van der Waals surface area (Å²) in [5, 5.41) is 15.6. The lowest BCUT2D eigenvalue weighted by atomic mass is 10.2. The molecule has 0 radical (unpaired) electrons. The summed E-state index contributed by atoms with van der Waals surface area (Å²) in [4.78, 5) is 17.3. The van der Waals surface area contributed by atoms with E-state index in [1.54, 1.807) is 29.5 Å². The Bertz CT molecular complexity index is 1040. The van der Waals surface area contributed by atoms with Gasteiger partial charge in [0.05, 0.1) is 17.1 Å². The number of aromatic nitrogens is 5. The highest BCUT2D eigenvalue weighted by Crippen LogP contribution is 2.23. The molecule has 2 N–H and O–H groups in total. The Labute approximate surface area is 151 Å². The van der Waals surface area contributed by atoms with Crippen LogP contribution in [-0.4, -0.2) is 30.9 Å². The summed E-state index contributed by atoms with van der Waals surface area (Å²) < 4.78 is 14.7. The van der Waals surface area contributed by atoms with Gasteiger partial charge in [-0.2, -0.15) is 5.10 Å². The number of carbonyl (C=O) groups is 1. The van der Waals surface area contributed by atoms with Gasteiger partial charge >= 0.3 is 0 Å². The molecule has 0 spiro atoms. The van der Waals surface area contributed by atoms with Gasteiger partial charge in [-0.3, -0.25) is 15.2 Å². The van der Waals surface area contributed by atoms with Gasteiger partial charge < -0.3 is 0 Å². The first-order valence-corrected chi connectivity index (χ1v) is 8.60. The molecule has 0 aliphatic carbocycles. The van der Waals surface area contributed by atoms with Crippen molar-refractivity contribution < 1.29 is 9.18 Å². The van der Waals surface area contributed by atoms with Crippen molar-refractivity contribution >= 4 is 23.2 Å². The summed E-state index contributed by atoms with van der Waals surface area (Å²) in [6.07, 6.45) is 1.47. The molecule has 1 aromatic carbocycles. The minimum atomic E-state index is -0.410. The summed E-state index contributed by atoms with van der Waals surface area (Å²) in [5.41, 5.74) is 1.77.